The number of hydrogen-bond donors (Lipinski definition) is 2. The van der Waals surface area contributed by atoms with Crippen LogP contribution >= 0.6 is 22.7 Å². The number of primary sulfonamides is 1. The third-order valence-corrected chi connectivity index (χ3v) is 8.22. The number of rotatable bonds is 2. The van der Waals surface area contributed by atoms with E-state index in [9.17, 15) is 8.42 Å². The van der Waals surface area contributed by atoms with E-state index in [-0.39, 0.29) is 16.9 Å². The average Bonchev–Trinajstić information content (AvgIpc) is 3.28. The Labute approximate surface area is 154 Å². The van der Waals surface area contributed by atoms with Crippen molar-refractivity contribution in [3.63, 3.8) is 0 Å². The molecular formula is C18H16N2O2S3. The van der Waals surface area contributed by atoms with Gasteiger partial charge in [-0.15, -0.1) is 22.7 Å². The van der Waals surface area contributed by atoms with Crippen LogP contribution in [0.2, 0.25) is 0 Å². The molecule has 1 aliphatic heterocycles. The van der Waals surface area contributed by atoms with E-state index in [0.29, 0.717) is 5.92 Å². The highest BCUT2D eigenvalue weighted by Crippen LogP contribution is 2.51. The fourth-order valence-electron chi connectivity index (χ4n) is 3.97. The molecular weight excluding hydrogens is 372 g/mol. The summed E-state index contributed by atoms with van der Waals surface area (Å²) in [6.45, 7) is 0. The lowest BCUT2D eigenvalue weighted by molar-refractivity contribution is 0.429. The van der Waals surface area contributed by atoms with Gasteiger partial charge in [0.15, 0.2) is 0 Å². The van der Waals surface area contributed by atoms with Crippen molar-refractivity contribution < 1.29 is 8.42 Å². The maximum atomic E-state index is 11.7. The first-order valence-electron chi connectivity index (χ1n) is 8.07. The van der Waals surface area contributed by atoms with Gasteiger partial charge in [0.2, 0.25) is 10.0 Å². The van der Waals surface area contributed by atoms with Gasteiger partial charge in [0.25, 0.3) is 0 Å². The van der Waals surface area contributed by atoms with Crippen LogP contribution in [0.3, 0.4) is 0 Å². The second-order valence-corrected chi connectivity index (χ2v) is 10.2. The minimum absolute atomic E-state index is 0.183. The lowest BCUT2D eigenvalue weighted by atomic mass is 9.79. The molecule has 4 nitrogen and oxygen atoms in total. The number of anilines is 1. The SMILES string of the molecule is NS(=O)(=O)c1ccc2c(c1)[C@H]1C=CC[C@H]1[C@H](c1cc3sccc3s1)N2. The van der Waals surface area contributed by atoms with Gasteiger partial charge in [-0.05, 0) is 53.6 Å². The van der Waals surface area contributed by atoms with Crippen LogP contribution in [0.1, 0.15) is 28.8 Å². The number of benzene rings is 1. The number of nitrogens with one attached hydrogen (secondary N) is 1. The van der Waals surface area contributed by atoms with Crippen molar-refractivity contribution in [3.05, 3.63) is 58.3 Å². The molecule has 3 N–H and O–H groups in total. The second kappa shape index (κ2) is 5.41. The Morgan fingerprint density at radius 2 is 2.04 bits per heavy atom. The molecule has 0 saturated carbocycles. The molecule has 0 bridgehead atoms. The van der Waals surface area contributed by atoms with Gasteiger partial charge in [-0.3, -0.25) is 0 Å². The van der Waals surface area contributed by atoms with Crippen molar-refractivity contribution >= 4 is 47.8 Å². The van der Waals surface area contributed by atoms with Crippen molar-refractivity contribution in [3.8, 4) is 0 Å². The van der Waals surface area contributed by atoms with Crippen molar-refractivity contribution in [2.75, 3.05) is 5.32 Å². The molecule has 1 aliphatic carbocycles. The van der Waals surface area contributed by atoms with Crippen LogP contribution in [0.4, 0.5) is 5.69 Å². The molecule has 1 aromatic carbocycles. The maximum Gasteiger partial charge on any atom is 0.238 e. The van der Waals surface area contributed by atoms with Crippen molar-refractivity contribution in [2.24, 2.45) is 11.1 Å². The second-order valence-electron chi connectivity index (χ2n) is 6.57. The minimum atomic E-state index is -3.69. The molecule has 5 rings (SSSR count). The monoisotopic (exact) mass is 388 g/mol. The zero-order valence-corrected chi connectivity index (χ0v) is 15.6. The Hall–Kier alpha value is -1.67. The molecule has 7 heteroatoms. The average molecular weight is 389 g/mol. The Balaban J connectivity index is 1.61. The number of fused-ring (bicyclic) bond motifs is 4. The highest BCUT2D eigenvalue weighted by Gasteiger charge is 2.39. The predicted molar refractivity (Wildman–Crippen MR) is 104 cm³/mol. The molecule has 2 aliphatic rings. The van der Waals surface area contributed by atoms with Gasteiger partial charge in [-0.25, -0.2) is 13.6 Å². The number of sulfonamides is 1. The quantitative estimate of drug-likeness (QED) is 0.638. The zero-order chi connectivity index (χ0) is 17.2. The highest BCUT2D eigenvalue weighted by molar-refractivity contribution is 7.89. The summed E-state index contributed by atoms with van der Waals surface area (Å²) in [6, 6.07) is 9.88. The molecule has 0 saturated heterocycles. The van der Waals surface area contributed by atoms with Gasteiger partial charge in [0, 0.05) is 25.9 Å². The number of hydrogen-bond acceptors (Lipinski definition) is 5. The molecule has 0 amide bonds. The van der Waals surface area contributed by atoms with Crippen LogP contribution in [0.15, 0.2) is 52.8 Å². The summed E-state index contributed by atoms with van der Waals surface area (Å²) in [6.07, 6.45) is 5.41. The lowest BCUT2D eigenvalue weighted by Crippen LogP contribution is -2.28. The van der Waals surface area contributed by atoms with Gasteiger partial charge in [-0.1, -0.05) is 12.2 Å². The Bertz CT molecular complexity index is 1080. The summed E-state index contributed by atoms with van der Waals surface area (Å²) in [5.41, 5.74) is 2.03. The summed E-state index contributed by atoms with van der Waals surface area (Å²) < 4.78 is 26.1. The highest BCUT2D eigenvalue weighted by atomic mass is 32.2. The van der Waals surface area contributed by atoms with E-state index in [1.54, 1.807) is 23.5 Å². The third kappa shape index (κ3) is 2.45. The Kier molecular flexibility index (Phi) is 3.37. The van der Waals surface area contributed by atoms with E-state index in [1.807, 2.05) is 17.4 Å². The van der Waals surface area contributed by atoms with Crippen LogP contribution < -0.4 is 10.5 Å². The Morgan fingerprint density at radius 1 is 1.16 bits per heavy atom. The van der Waals surface area contributed by atoms with Crippen molar-refractivity contribution in [1.29, 1.82) is 0 Å². The Morgan fingerprint density at radius 3 is 2.84 bits per heavy atom. The third-order valence-electron chi connectivity index (χ3n) is 5.13. The summed E-state index contributed by atoms with van der Waals surface area (Å²) in [4.78, 5) is 1.53. The van der Waals surface area contributed by atoms with Crippen LogP contribution in [-0.2, 0) is 10.0 Å². The van der Waals surface area contributed by atoms with E-state index in [0.717, 1.165) is 17.7 Å². The van der Waals surface area contributed by atoms with Crippen LogP contribution in [-0.4, -0.2) is 8.42 Å². The summed E-state index contributed by atoms with van der Waals surface area (Å²) >= 11 is 3.62. The molecule has 25 heavy (non-hydrogen) atoms. The van der Waals surface area contributed by atoms with Gasteiger partial charge in [-0.2, -0.15) is 0 Å². The summed E-state index contributed by atoms with van der Waals surface area (Å²) in [5, 5.41) is 11.1. The molecule has 0 unspecified atom stereocenters. The van der Waals surface area contributed by atoms with Crippen molar-refractivity contribution in [2.45, 2.75) is 23.3 Å². The van der Waals surface area contributed by atoms with E-state index >= 15 is 0 Å². The van der Waals surface area contributed by atoms with Gasteiger partial charge < -0.3 is 5.32 Å². The van der Waals surface area contributed by atoms with E-state index in [4.69, 9.17) is 5.14 Å². The first-order valence-corrected chi connectivity index (χ1v) is 11.3. The molecule has 0 fully saturated rings. The van der Waals surface area contributed by atoms with Crippen LogP contribution in [0.25, 0.3) is 9.40 Å². The standard InChI is InChI=1S/C18H16N2O2S3/c19-25(21,22)10-4-5-14-13(8-10)11-2-1-3-12(11)18(20-14)17-9-16-15(24-17)6-7-23-16/h1-2,4-9,11-12,18,20H,3H2,(H2,19,21,22)/t11-,12+,18+/m0/s1. The van der Waals surface area contributed by atoms with Crippen LogP contribution in [0.5, 0.6) is 0 Å². The van der Waals surface area contributed by atoms with Crippen molar-refractivity contribution in [1.82, 2.24) is 0 Å². The van der Waals surface area contributed by atoms with E-state index < -0.39 is 10.0 Å². The molecule has 2 aromatic heterocycles. The lowest BCUT2D eigenvalue weighted by Gasteiger charge is -2.37. The summed E-state index contributed by atoms with van der Waals surface area (Å²) in [7, 11) is -3.69. The molecule has 128 valence electrons. The van der Waals surface area contributed by atoms with Gasteiger partial charge >= 0.3 is 0 Å². The number of allylic oxidation sites excluding steroid dienone is 2. The van der Waals surface area contributed by atoms with E-state index in [2.05, 4.69) is 35.0 Å². The first kappa shape index (κ1) is 15.6. The number of thiophene rings is 2. The fourth-order valence-corrected chi connectivity index (χ4v) is 6.76. The van der Waals surface area contributed by atoms with Gasteiger partial charge in [0.1, 0.15) is 0 Å². The smallest absolute Gasteiger partial charge is 0.238 e. The first-order chi connectivity index (χ1) is 12.0. The maximum absolute atomic E-state index is 11.7. The minimum Gasteiger partial charge on any atom is -0.377 e. The topological polar surface area (TPSA) is 72.2 Å². The largest absolute Gasteiger partial charge is 0.377 e. The normalized spacial score (nSPS) is 24.9. The molecule has 0 spiro atoms. The van der Waals surface area contributed by atoms with Gasteiger partial charge in [0.05, 0.1) is 10.9 Å². The predicted octanol–water partition coefficient (Wildman–Crippen LogP) is 4.44. The molecule has 0 radical (unpaired) electrons. The van der Waals surface area contributed by atoms with Crippen LogP contribution in [0, 0.1) is 5.92 Å². The molecule has 3 aromatic rings. The number of nitrogens with two attached hydrogens (primary N) is 1. The van der Waals surface area contributed by atoms with E-state index in [1.165, 1.54) is 14.3 Å². The zero-order valence-electron chi connectivity index (χ0n) is 13.2. The summed E-state index contributed by atoms with van der Waals surface area (Å²) in [5.74, 6) is 0.624. The fraction of sp³-hybridized carbons (Fsp3) is 0.222. The molecule has 3 atom stereocenters. The molecule has 3 heterocycles.